The van der Waals surface area contributed by atoms with Gasteiger partial charge in [-0.15, -0.1) is 0 Å². The minimum absolute atomic E-state index is 0.249. The van der Waals surface area contributed by atoms with Gasteiger partial charge in [-0.3, -0.25) is 9.88 Å². The maximum absolute atomic E-state index is 13.2. The molecule has 1 saturated heterocycles. The molecule has 0 aliphatic carbocycles. The zero-order valence-corrected chi connectivity index (χ0v) is 12.1. The summed E-state index contributed by atoms with van der Waals surface area (Å²) in [5.41, 5.74) is 0.961. The first-order chi connectivity index (χ1) is 9.10. The van der Waals surface area contributed by atoms with Gasteiger partial charge in [0.25, 0.3) is 0 Å². The van der Waals surface area contributed by atoms with Gasteiger partial charge < -0.3 is 5.32 Å². The van der Waals surface area contributed by atoms with E-state index in [1.807, 2.05) is 0 Å². The fraction of sp³-hybridized carbons (Fsp3) is 0.667. The van der Waals surface area contributed by atoms with E-state index in [9.17, 15) is 4.39 Å². The molecule has 1 N–H and O–H groups in total. The van der Waals surface area contributed by atoms with E-state index >= 15 is 0 Å². The van der Waals surface area contributed by atoms with Crippen LogP contribution in [-0.2, 0) is 6.54 Å². The predicted molar refractivity (Wildman–Crippen MR) is 75.3 cm³/mol. The summed E-state index contributed by atoms with van der Waals surface area (Å²) in [6, 6.07) is 2.63. The van der Waals surface area contributed by atoms with Crippen molar-refractivity contribution in [3.63, 3.8) is 0 Å². The van der Waals surface area contributed by atoms with Crippen molar-refractivity contribution in [2.24, 2.45) is 5.92 Å². The minimum atomic E-state index is -0.249. The largest absolute Gasteiger partial charge is 0.311 e. The van der Waals surface area contributed by atoms with E-state index < -0.39 is 0 Å². The second-order valence-corrected chi connectivity index (χ2v) is 5.76. The van der Waals surface area contributed by atoms with Crippen molar-refractivity contribution in [1.82, 2.24) is 15.2 Å². The van der Waals surface area contributed by atoms with Crippen LogP contribution in [0.25, 0.3) is 0 Å². The molecule has 4 heteroatoms. The molecule has 1 fully saturated rings. The summed E-state index contributed by atoms with van der Waals surface area (Å²) in [5.74, 6) is 0.368. The van der Waals surface area contributed by atoms with Crippen LogP contribution in [-0.4, -0.2) is 35.1 Å². The second kappa shape index (κ2) is 6.44. The van der Waals surface area contributed by atoms with Crippen LogP contribution in [0.1, 0.15) is 32.8 Å². The molecule has 0 bridgehead atoms. The van der Waals surface area contributed by atoms with E-state index in [1.165, 1.54) is 6.20 Å². The number of hydrogen-bond acceptors (Lipinski definition) is 3. The summed E-state index contributed by atoms with van der Waals surface area (Å²) in [6.07, 6.45) is 4.14. The summed E-state index contributed by atoms with van der Waals surface area (Å²) in [7, 11) is 0. The first kappa shape index (κ1) is 14.4. The fourth-order valence-corrected chi connectivity index (χ4v) is 2.70. The molecule has 1 aromatic rings. The number of nitrogens with one attached hydrogen (secondary N) is 1. The highest BCUT2D eigenvalue weighted by Crippen LogP contribution is 2.18. The third-order valence-corrected chi connectivity index (χ3v) is 3.99. The molecular weight excluding hydrogens is 241 g/mol. The molecule has 1 aliphatic heterocycles. The Morgan fingerprint density at radius 3 is 2.89 bits per heavy atom. The van der Waals surface area contributed by atoms with Crippen molar-refractivity contribution in [2.75, 3.05) is 13.1 Å². The first-order valence-corrected chi connectivity index (χ1v) is 7.17. The maximum Gasteiger partial charge on any atom is 0.141 e. The molecule has 0 amide bonds. The lowest BCUT2D eigenvalue weighted by atomic mass is 9.98. The lowest BCUT2D eigenvalue weighted by Crippen LogP contribution is -2.57. The zero-order valence-electron chi connectivity index (χ0n) is 12.1. The number of piperazine rings is 1. The van der Waals surface area contributed by atoms with Crippen molar-refractivity contribution in [2.45, 2.75) is 45.8 Å². The molecule has 1 aromatic heterocycles. The Labute approximate surface area is 115 Å². The standard InChI is InChI=1S/C15H24FN3/c1-4-14-8-18-15(11(2)3)10-19(14)9-12-5-13(16)7-17-6-12/h5-7,11,14-15,18H,4,8-10H2,1-3H3. The van der Waals surface area contributed by atoms with Gasteiger partial charge in [0.2, 0.25) is 0 Å². The van der Waals surface area contributed by atoms with Crippen LogP contribution in [0.3, 0.4) is 0 Å². The van der Waals surface area contributed by atoms with Gasteiger partial charge in [-0.1, -0.05) is 20.8 Å². The fourth-order valence-electron chi connectivity index (χ4n) is 2.70. The van der Waals surface area contributed by atoms with Crippen molar-refractivity contribution in [3.8, 4) is 0 Å². The molecule has 2 atom stereocenters. The lowest BCUT2D eigenvalue weighted by Gasteiger charge is -2.41. The van der Waals surface area contributed by atoms with Gasteiger partial charge in [0, 0.05) is 37.9 Å². The van der Waals surface area contributed by atoms with Gasteiger partial charge in [-0.2, -0.15) is 0 Å². The quantitative estimate of drug-likeness (QED) is 0.906. The Kier molecular flexibility index (Phi) is 4.88. The predicted octanol–water partition coefficient (Wildman–Crippen LogP) is 2.43. The van der Waals surface area contributed by atoms with E-state index in [-0.39, 0.29) is 5.82 Å². The van der Waals surface area contributed by atoms with Gasteiger partial charge in [0.1, 0.15) is 5.82 Å². The lowest BCUT2D eigenvalue weighted by molar-refractivity contribution is 0.103. The van der Waals surface area contributed by atoms with E-state index in [4.69, 9.17) is 0 Å². The highest BCUT2D eigenvalue weighted by atomic mass is 19.1. The normalized spacial score (nSPS) is 24.9. The van der Waals surface area contributed by atoms with Gasteiger partial charge in [-0.05, 0) is 24.0 Å². The molecule has 2 heterocycles. The third-order valence-electron chi connectivity index (χ3n) is 3.99. The first-order valence-electron chi connectivity index (χ1n) is 7.17. The van der Waals surface area contributed by atoms with E-state index in [2.05, 4.69) is 36.0 Å². The van der Waals surface area contributed by atoms with Crippen LogP contribution in [0.4, 0.5) is 4.39 Å². The smallest absolute Gasteiger partial charge is 0.141 e. The summed E-state index contributed by atoms with van der Waals surface area (Å²) >= 11 is 0. The molecule has 2 rings (SSSR count). The summed E-state index contributed by atoms with van der Waals surface area (Å²) in [6.45, 7) is 9.51. The Bertz CT molecular complexity index is 408. The number of nitrogens with zero attached hydrogens (tertiary/aromatic N) is 2. The Morgan fingerprint density at radius 1 is 1.47 bits per heavy atom. The summed E-state index contributed by atoms with van der Waals surface area (Å²) < 4.78 is 13.2. The molecule has 106 valence electrons. The van der Waals surface area contributed by atoms with Gasteiger partial charge in [-0.25, -0.2) is 4.39 Å². The topological polar surface area (TPSA) is 28.2 Å². The van der Waals surface area contributed by atoms with Gasteiger partial charge in [0.05, 0.1) is 6.20 Å². The van der Waals surface area contributed by atoms with E-state index in [1.54, 1.807) is 12.3 Å². The SMILES string of the molecule is CCC1CNC(C(C)C)CN1Cc1cncc(F)c1. The van der Waals surface area contributed by atoms with Crippen molar-refractivity contribution < 1.29 is 4.39 Å². The van der Waals surface area contributed by atoms with Crippen LogP contribution in [0.2, 0.25) is 0 Å². The molecule has 2 unspecified atom stereocenters. The highest BCUT2D eigenvalue weighted by molar-refractivity contribution is 5.10. The van der Waals surface area contributed by atoms with Gasteiger partial charge in [0.15, 0.2) is 0 Å². The highest BCUT2D eigenvalue weighted by Gasteiger charge is 2.28. The van der Waals surface area contributed by atoms with Crippen molar-refractivity contribution >= 4 is 0 Å². The van der Waals surface area contributed by atoms with Crippen LogP contribution in [0, 0.1) is 11.7 Å². The minimum Gasteiger partial charge on any atom is -0.311 e. The average molecular weight is 265 g/mol. The number of rotatable bonds is 4. The average Bonchev–Trinajstić information content (AvgIpc) is 2.38. The molecule has 3 nitrogen and oxygen atoms in total. The maximum atomic E-state index is 13.2. The van der Waals surface area contributed by atoms with E-state index in [0.29, 0.717) is 18.0 Å². The van der Waals surface area contributed by atoms with Crippen LogP contribution >= 0.6 is 0 Å². The molecular formula is C15H24FN3. The Balaban J connectivity index is 2.06. The van der Waals surface area contributed by atoms with Crippen molar-refractivity contribution in [3.05, 3.63) is 29.8 Å². The number of halogens is 1. The monoisotopic (exact) mass is 265 g/mol. The van der Waals surface area contributed by atoms with E-state index in [0.717, 1.165) is 31.6 Å². The van der Waals surface area contributed by atoms with Crippen LogP contribution < -0.4 is 5.32 Å². The van der Waals surface area contributed by atoms with Crippen molar-refractivity contribution in [1.29, 1.82) is 0 Å². The van der Waals surface area contributed by atoms with Crippen LogP contribution in [0.15, 0.2) is 18.5 Å². The Morgan fingerprint density at radius 2 is 2.26 bits per heavy atom. The van der Waals surface area contributed by atoms with Gasteiger partial charge >= 0.3 is 0 Å². The molecule has 0 aromatic carbocycles. The molecule has 19 heavy (non-hydrogen) atoms. The van der Waals surface area contributed by atoms with Crippen LogP contribution in [0.5, 0.6) is 0 Å². The molecule has 0 saturated carbocycles. The third kappa shape index (κ3) is 3.74. The summed E-state index contributed by atoms with van der Waals surface area (Å²) in [5, 5.41) is 3.62. The molecule has 0 radical (unpaired) electrons. The summed E-state index contributed by atoms with van der Waals surface area (Å²) in [4.78, 5) is 6.39. The number of pyridine rings is 1. The second-order valence-electron chi connectivity index (χ2n) is 5.76. The molecule has 0 spiro atoms. The number of aromatic nitrogens is 1. The number of hydrogen-bond donors (Lipinski definition) is 1. The molecule has 1 aliphatic rings. The Hall–Kier alpha value is -1.00. The zero-order chi connectivity index (χ0) is 13.8.